The van der Waals surface area contributed by atoms with Crippen molar-refractivity contribution in [2.75, 3.05) is 32.8 Å². The number of nitrogens with zero attached hydrogens (tertiary/aromatic N) is 1. The number of likely N-dealkylation sites (tertiary alicyclic amines) is 1. The Morgan fingerprint density at radius 3 is 2.42 bits per heavy atom. The summed E-state index contributed by atoms with van der Waals surface area (Å²) in [5.74, 6) is 0. The number of nitrogens with one attached hydrogen (secondary N) is 1. The van der Waals surface area contributed by atoms with Crippen LogP contribution in [-0.4, -0.2) is 55.5 Å². The molecule has 0 radical (unpaired) electrons. The van der Waals surface area contributed by atoms with E-state index in [1.807, 2.05) is 25.7 Å². The summed E-state index contributed by atoms with van der Waals surface area (Å²) in [6.45, 7) is 12.5. The van der Waals surface area contributed by atoms with Crippen molar-refractivity contribution in [2.24, 2.45) is 5.41 Å². The van der Waals surface area contributed by atoms with E-state index >= 15 is 0 Å². The van der Waals surface area contributed by atoms with E-state index in [4.69, 9.17) is 9.47 Å². The van der Waals surface area contributed by atoms with Gasteiger partial charge in [0.2, 0.25) is 0 Å². The van der Waals surface area contributed by atoms with E-state index in [0.29, 0.717) is 11.5 Å². The van der Waals surface area contributed by atoms with Gasteiger partial charge in [0.15, 0.2) is 0 Å². The van der Waals surface area contributed by atoms with Gasteiger partial charge in [-0.1, -0.05) is 13.3 Å². The molecule has 5 heteroatoms. The molecule has 0 saturated carbocycles. The molecule has 0 aromatic rings. The number of carbonyl (C=O) groups excluding carboxylic acids is 1. The molecule has 5 nitrogen and oxygen atoms in total. The summed E-state index contributed by atoms with van der Waals surface area (Å²) in [6.07, 6.45) is 6.63. The zero-order valence-corrected chi connectivity index (χ0v) is 16.0. The third-order valence-electron chi connectivity index (χ3n) is 5.24. The van der Waals surface area contributed by atoms with Gasteiger partial charge in [-0.3, -0.25) is 0 Å². The van der Waals surface area contributed by atoms with Crippen molar-refractivity contribution in [3.8, 4) is 0 Å². The number of amides is 1. The number of hydrogen-bond acceptors (Lipinski definition) is 4. The lowest BCUT2D eigenvalue weighted by Crippen LogP contribution is -2.50. The fourth-order valence-electron chi connectivity index (χ4n) is 3.80. The van der Waals surface area contributed by atoms with Crippen LogP contribution in [0.3, 0.4) is 0 Å². The molecule has 2 aliphatic heterocycles. The highest BCUT2D eigenvalue weighted by Crippen LogP contribution is 2.36. The summed E-state index contributed by atoms with van der Waals surface area (Å²) < 4.78 is 11.0. The second-order valence-electron chi connectivity index (χ2n) is 8.48. The van der Waals surface area contributed by atoms with Gasteiger partial charge in [0.25, 0.3) is 0 Å². The van der Waals surface area contributed by atoms with E-state index in [1.165, 1.54) is 12.8 Å². The van der Waals surface area contributed by atoms with Crippen molar-refractivity contribution in [1.29, 1.82) is 0 Å². The minimum atomic E-state index is -0.417. The van der Waals surface area contributed by atoms with Gasteiger partial charge in [0, 0.05) is 38.9 Å². The fraction of sp³-hybridized carbons (Fsp3) is 0.947. The minimum Gasteiger partial charge on any atom is -0.444 e. The second-order valence-corrected chi connectivity index (χ2v) is 8.48. The van der Waals surface area contributed by atoms with Gasteiger partial charge in [-0.15, -0.1) is 0 Å². The molecule has 0 bridgehead atoms. The van der Waals surface area contributed by atoms with Crippen LogP contribution in [0.2, 0.25) is 0 Å². The molecule has 2 heterocycles. The number of ether oxygens (including phenoxy) is 2. The third kappa shape index (κ3) is 5.92. The van der Waals surface area contributed by atoms with Gasteiger partial charge in [0.05, 0.1) is 0 Å². The molecule has 2 rings (SSSR count). The first-order valence-electron chi connectivity index (χ1n) is 9.63. The Bertz CT molecular complexity index is 392. The Morgan fingerprint density at radius 1 is 1.25 bits per heavy atom. The molecule has 140 valence electrons. The molecule has 1 amide bonds. The monoisotopic (exact) mass is 340 g/mol. The molecule has 0 aromatic carbocycles. The molecule has 0 atom stereocenters. The van der Waals surface area contributed by atoms with E-state index in [2.05, 4.69) is 12.2 Å². The van der Waals surface area contributed by atoms with E-state index in [1.54, 1.807) is 0 Å². The lowest BCUT2D eigenvalue weighted by atomic mass is 9.74. The number of hydrogen-bond donors (Lipinski definition) is 1. The van der Waals surface area contributed by atoms with Crippen LogP contribution in [0.15, 0.2) is 0 Å². The standard InChI is InChI=1S/C19H36N2O3/c1-5-8-19(15-20-16-6-13-23-14-7-16)9-11-21(12-10-19)17(22)24-18(2,3)4/h16,20H,5-15H2,1-4H3. The average Bonchev–Trinajstić information content (AvgIpc) is 2.53. The summed E-state index contributed by atoms with van der Waals surface area (Å²) in [5.41, 5.74) is -0.0921. The number of rotatable bonds is 5. The van der Waals surface area contributed by atoms with Crippen LogP contribution < -0.4 is 5.32 Å². The minimum absolute atomic E-state index is 0.162. The SMILES string of the molecule is CCCC1(CNC2CCOCC2)CCN(C(=O)OC(C)(C)C)CC1. The predicted octanol–water partition coefficient (Wildman–Crippen LogP) is 3.57. The Hall–Kier alpha value is -0.810. The number of carbonyl (C=O) groups is 1. The topological polar surface area (TPSA) is 50.8 Å². The van der Waals surface area contributed by atoms with E-state index in [0.717, 1.165) is 58.5 Å². The van der Waals surface area contributed by atoms with Crippen molar-refractivity contribution in [2.45, 2.75) is 77.9 Å². The lowest BCUT2D eigenvalue weighted by molar-refractivity contribution is 0.00734. The van der Waals surface area contributed by atoms with Gasteiger partial charge >= 0.3 is 6.09 Å². The van der Waals surface area contributed by atoms with Gasteiger partial charge in [-0.2, -0.15) is 0 Å². The molecule has 2 aliphatic rings. The maximum Gasteiger partial charge on any atom is 0.410 e. The van der Waals surface area contributed by atoms with Gasteiger partial charge in [-0.25, -0.2) is 4.79 Å². The van der Waals surface area contributed by atoms with Crippen LogP contribution in [0.5, 0.6) is 0 Å². The number of piperidine rings is 1. The van der Waals surface area contributed by atoms with E-state index in [-0.39, 0.29) is 6.09 Å². The summed E-state index contributed by atoms with van der Waals surface area (Å²) in [5, 5.41) is 3.78. The molecule has 2 saturated heterocycles. The Morgan fingerprint density at radius 2 is 1.88 bits per heavy atom. The molecule has 2 fully saturated rings. The van der Waals surface area contributed by atoms with Crippen molar-refractivity contribution < 1.29 is 14.3 Å². The first-order chi connectivity index (χ1) is 11.3. The Labute approximate surface area is 147 Å². The second kappa shape index (κ2) is 8.52. The van der Waals surface area contributed by atoms with Crippen LogP contribution in [-0.2, 0) is 9.47 Å². The molecule has 24 heavy (non-hydrogen) atoms. The van der Waals surface area contributed by atoms with E-state index in [9.17, 15) is 4.79 Å². The van der Waals surface area contributed by atoms with Crippen molar-refractivity contribution in [3.63, 3.8) is 0 Å². The quantitative estimate of drug-likeness (QED) is 0.831. The predicted molar refractivity (Wildman–Crippen MR) is 96.2 cm³/mol. The van der Waals surface area contributed by atoms with Crippen molar-refractivity contribution in [3.05, 3.63) is 0 Å². The highest BCUT2D eigenvalue weighted by atomic mass is 16.6. The third-order valence-corrected chi connectivity index (χ3v) is 5.24. The highest BCUT2D eigenvalue weighted by molar-refractivity contribution is 5.68. The van der Waals surface area contributed by atoms with Crippen LogP contribution in [0.4, 0.5) is 4.79 Å². The molecule has 0 unspecified atom stereocenters. The molecular weight excluding hydrogens is 304 g/mol. The van der Waals surface area contributed by atoms with Crippen molar-refractivity contribution in [1.82, 2.24) is 10.2 Å². The zero-order valence-electron chi connectivity index (χ0n) is 16.0. The normalized spacial score (nSPS) is 22.4. The molecular formula is C19H36N2O3. The Kier molecular flexibility index (Phi) is 6.93. The van der Waals surface area contributed by atoms with Crippen LogP contribution in [0.1, 0.15) is 66.2 Å². The summed E-state index contributed by atoms with van der Waals surface area (Å²) in [4.78, 5) is 14.1. The maximum absolute atomic E-state index is 12.3. The first kappa shape index (κ1) is 19.5. The van der Waals surface area contributed by atoms with Gasteiger partial charge in [-0.05, 0) is 58.3 Å². The fourth-order valence-corrected chi connectivity index (χ4v) is 3.80. The zero-order chi connectivity index (χ0) is 17.6. The first-order valence-corrected chi connectivity index (χ1v) is 9.63. The summed E-state index contributed by atoms with van der Waals surface area (Å²) in [6, 6.07) is 0.594. The molecule has 0 spiro atoms. The van der Waals surface area contributed by atoms with Gasteiger partial charge < -0.3 is 19.7 Å². The summed E-state index contributed by atoms with van der Waals surface area (Å²) in [7, 11) is 0. The molecule has 0 aromatic heterocycles. The maximum atomic E-state index is 12.3. The van der Waals surface area contributed by atoms with Crippen molar-refractivity contribution >= 4 is 6.09 Å². The average molecular weight is 341 g/mol. The molecule has 0 aliphatic carbocycles. The van der Waals surface area contributed by atoms with Crippen LogP contribution in [0.25, 0.3) is 0 Å². The Balaban J connectivity index is 1.84. The largest absolute Gasteiger partial charge is 0.444 e. The smallest absolute Gasteiger partial charge is 0.410 e. The van der Waals surface area contributed by atoms with Crippen LogP contribution in [0, 0.1) is 5.41 Å². The molecule has 1 N–H and O–H groups in total. The van der Waals surface area contributed by atoms with E-state index < -0.39 is 5.60 Å². The lowest BCUT2D eigenvalue weighted by Gasteiger charge is -2.43. The van der Waals surface area contributed by atoms with Gasteiger partial charge in [0.1, 0.15) is 5.60 Å². The van der Waals surface area contributed by atoms with Crippen LogP contribution >= 0.6 is 0 Å². The highest BCUT2D eigenvalue weighted by Gasteiger charge is 2.36. The summed E-state index contributed by atoms with van der Waals surface area (Å²) >= 11 is 0.